The topological polar surface area (TPSA) is 115 Å². The summed E-state index contributed by atoms with van der Waals surface area (Å²) in [6.07, 6.45) is 0. The molecule has 0 heterocycles. The predicted octanol–water partition coefficient (Wildman–Crippen LogP) is 4.23. The molecule has 0 bridgehead atoms. The van der Waals surface area contributed by atoms with Crippen LogP contribution in [-0.4, -0.2) is 32.4 Å². The first-order valence-electron chi connectivity index (χ1n) is 7.33. The molecule has 0 aliphatic carbocycles. The van der Waals surface area contributed by atoms with E-state index >= 15 is 0 Å². The van der Waals surface area contributed by atoms with Gasteiger partial charge in [-0.25, -0.2) is 9.59 Å². The van der Waals surface area contributed by atoms with Gasteiger partial charge in [0.1, 0.15) is 11.5 Å². The molecule has 2 rings (SSSR count). The number of aliphatic carboxylic acids is 2. The Kier molecular flexibility index (Phi) is 18.0. The second-order valence-corrected chi connectivity index (χ2v) is 4.84. The highest BCUT2D eigenvalue weighted by molar-refractivity contribution is 5.85. The number of para-hydroxylation sites is 2. The molecule has 27 heavy (non-hydrogen) atoms. The van der Waals surface area contributed by atoms with Gasteiger partial charge in [0.05, 0.1) is 0 Å². The summed E-state index contributed by atoms with van der Waals surface area (Å²) in [5, 5.41) is 33.0. The Balaban J connectivity index is -0.000000282. The van der Waals surface area contributed by atoms with E-state index in [1.165, 1.54) is 13.8 Å². The third-order valence-electron chi connectivity index (χ3n) is 2.24. The maximum absolute atomic E-state index is 9.60. The van der Waals surface area contributed by atoms with Crippen LogP contribution < -0.4 is 0 Å². The van der Waals surface area contributed by atoms with E-state index in [-0.39, 0.29) is 15.9 Å². The number of carbonyl (C=O) groups is 2. The normalized spacial score (nSPS) is 7.78. The minimum absolute atomic E-state index is 0. The minimum Gasteiger partial charge on any atom is -0.508 e. The monoisotopic (exact) mass is 380 g/mol. The highest BCUT2D eigenvalue weighted by Gasteiger charge is 1.90. The van der Waals surface area contributed by atoms with E-state index in [9.17, 15) is 9.59 Å². The second-order valence-electron chi connectivity index (χ2n) is 4.84. The third kappa shape index (κ3) is 22.4. The highest BCUT2D eigenvalue weighted by atomic mass is 19.0. The average Bonchev–Trinajstić information content (AvgIpc) is 2.58. The quantitative estimate of drug-likeness (QED) is 0.580. The molecule has 0 aliphatic heterocycles. The fourth-order valence-corrected chi connectivity index (χ4v) is 0.856. The second kappa shape index (κ2) is 17.2. The third-order valence-corrected chi connectivity index (χ3v) is 2.24. The Hall–Kier alpha value is -3.61. The fraction of sp³-hybridized carbons (Fsp3) is 0.100. The molecule has 0 aromatic heterocycles. The van der Waals surface area contributed by atoms with E-state index in [2.05, 4.69) is 13.2 Å². The summed E-state index contributed by atoms with van der Waals surface area (Å²) in [6, 6.07) is 17.4. The number of hydrogen-bond acceptors (Lipinski definition) is 4. The zero-order valence-electron chi connectivity index (χ0n) is 15.2. The number of hydrogen-bond donors (Lipinski definition) is 4. The zero-order valence-corrected chi connectivity index (χ0v) is 15.2. The number of aromatic hydroxyl groups is 2. The van der Waals surface area contributed by atoms with Gasteiger partial charge < -0.3 is 20.4 Å². The van der Waals surface area contributed by atoms with Crippen molar-refractivity contribution in [1.29, 1.82) is 0 Å². The van der Waals surface area contributed by atoms with E-state index in [4.69, 9.17) is 20.4 Å². The summed E-state index contributed by atoms with van der Waals surface area (Å²) < 4.78 is 0. The van der Waals surface area contributed by atoms with Gasteiger partial charge in [-0.1, -0.05) is 49.6 Å². The van der Waals surface area contributed by atoms with Crippen LogP contribution >= 0.6 is 0 Å². The first-order valence-corrected chi connectivity index (χ1v) is 7.33. The fourth-order valence-electron chi connectivity index (χ4n) is 0.856. The SMILES string of the molecule is C=C(C)C(=O)O.C=C(C)C(=O)O.F.Oc1ccccc1.Oc1ccccc1. The van der Waals surface area contributed by atoms with Gasteiger partial charge in [0.25, 0.3) is 0 Å². The van der Waals surface area contributed by atoms with Crippen molar-refractivity contribution in [3.8, 4) is 11.5 Å². The Labute approximate surface area is 157 Å². The van der Waals surface area contributed by atoms with E-state index in [1.807, 2.05) is 12.1 Å². The lowest BCUT2D eigenvalue weighted by Crippen LogP contribution is -1.92. The van der Waals surface area contributed by atoms with Crippen LogP contribution in [0, 0.1) is 0 Å². The summed E-state index contributed by atoms with van der Waals surface area (Å²) in [4.78, 5) is 19.2. The van der Waals surface area contributed by atoms with Crippen LogP contribution in [0.5, 0.6) is 11.5 Å². The molecule has 148 valence electrons. The molecule has 0 atom stereocenters. The molecule has 4 N–H and O–H groups in total. The van der Waals surface area contributed by atoms with Crippen molar-refractivity contribution in [3.63, 3.8) is 0 Å². The molecule has 0 aliphatic rings. The Morgan fingerprint density at radius 3 is 0.926 bits per heavy atom. The standard InChI is InChI=1S/2C6H6O.2C4H6O2.FH/c2*7-6-4-2-1-3-5-6;2*1-3(2)4(5)6;/h2*1-5,7H;2*1H2,2H3,(H,5,6);1H. The van der Waals surface area contributed by atoms with Crippen molar-refractivity contribution in [2.24, 2.45) is 0 Å². The summed E-state index contributed by atoms with van der Waals surface area (Å²) in [7, 11) is 0. The number of carboxylic acid groups (broad SMARTS) is 2. The summed E-state index contributed by atoms with van der Waals surface area (Å²) in [5.74, 6) is -1.23. The van der Waals surface area contributed by atoms with Gasteiger partial charge >= 0.3 is 11.9 Å². The maximum Gasteiger partial charge on any atom is 0.330 e. The van der Waals surface area contributed by atoms with Gasteiger partial charge in [-0.2, -0.15) is 0 Å². The van der Waals surface area contributed by atoms with Crippen molar-refractivity contribution < 1.29 is 34.7 Å². The number of rotatable bonds is 2. The molecule has 6 nitrogen and oxygen atoms in total. The molecule has 0 saturated carbocycles. The lowest BCUT2D eigenvalue weighted by Gasteiger charge is -1.82. The van der Waals surface area contributed by atoms with Gasteiger partial charge in [0.2, 0.25) is 0 Å². The van der Waals surface area contributed by atoms with E-state index in [0.717, 1.165) is 0 Å². The predicted molar refractivity (Wildman–Crippen MR) is 104 cm³/mol. The van der Waals surface area contributed by atoms with Gasteiger partial charge in [-0.05, 0) is 38.1 Å². The lowest BCUT2D eigenvalue weighted by molar-refractivity contribution is -0.133. The maximum atomic E-state index is 9.60. The molecule has 7 heteroatoms. The summed E-state index contributed by atoms with van der Waals surface area (Å²) in [6.45, 7) is 9.20. The average molecular weight is 380 g/mol. The molecule has 0 fully saturated rings. The van der Waals surface area contributed by atoms with Gasteiger partial charge in [0, 0.05) is 11.1 Å². The van der Waals surface area contributed by atoms with Crippen LogP contribution in [0.2, 0.25) is 0 Å². The molecule has 0 amide bonds. The van der Waals surface area contributed by atoms with E-state index in [0.29, 0.717) is 11.5 Å². The largest absolute Gasteiger partial charge is 0.508 e. The van der Waals surface area contributed by atoms with Crippen molar-refractivity contribution in [1.82, 2.24) is 0 Å². The molecule has 0 radical (unpaired) electrons. The smallest absolute Gasteiger partial charge is 0.330 e. The van der Waals surface area contributed by atoms with Crippen LogP contribution in [0.1, 0.15) is 13.8 Å². The van der Waals surface area contributed by atoms with Crippen molar-refractivity contribution in [3.05, 3.63) is 85.0 Å². The molecule has 0 unspecified atom stereocenters. The Bertz CT molecular complexity index is 599. The Morgan fingerprint density at radius 2 is 0.852 bits per heavy atom. The van der Waals surface area contributed by atoms with Crippen LogP contribution in [0.25, 0.3) is 0 Å². The lowest BCUT2D eigenvalue weighted by atomic mass is 10.3. The number of phenolic OH excluding ortho intramolecular Hbond substituents is 2. The van der Waals surface area contributed by atoms with Crippen LogP contribution in [0.15, 0.2) is 85.0 Å². The number of phenols is 2. The van der Waals surface area contributed by atoms with Crippen LogP contribution in [0.3, 0.4) is 0 Å². The molecule has 2 aromatic rings. The number of benzene rings is 2. The number of carboxylic acids is 2. The van der Waals surface area contributed by atoms with Gasteiger partial charge in [-0.3, -0.25) is 4.70 Å². The summed E-state index contributed by atoms with van der Waals surface area (Å²) >= 11 is 0. The van der Waals surface area contributed by atoms with E-state index in [1.54, 1.807) is 48.5 Å². The molecular weight excluding hydrogens is 355 g/mol. The highest BCUT2D eigenvalue weighted by Crippen LogP contribution is 2.03. The molecule has 2 aromatic carbocycles. The van der Waals surface area contributed by atoms with Crippen molar-refractivity contribution in [2.45, 2.75) is 13.8 Å². The summed E-state index contributed by atoms with van der Waals surface area (Å²) in [5.41, 5.74) is 0.352. The molecule has 0 spiro atoms. The molecule has 0 saturated heterocycles. The zero-order chi connectivity index (χ0) is 20.5. The van der Waals surface area contributed by atoms with Crippen LogP contribution in [0.4, 0.5) is 4.70 Å². The van der Waals surface area contributed by atoms with Gasteiger partial charge in [-0.15, -0.1) is 0 Å². The molecular formula is C20H25FO6. The number of halogens is 1. The first-order chi connectivity index (χ1) is 12.1. The van der Waals surface area contributed by atoms with E-state index < -0.39 is 11.9 Å². The van der Waals surface area contributed by atoms with Crippen LogP contribution in [-0.2, 0) is 9.59 Å². The Morgan fingerprint density at radius 1 is 0.667 bits per heavy atom. The van der Waals surface area contributed by atoms with Gasteiger partial charge in [0.15, 0.2) is 0 Å². The minimum atomic E-state index is -0.935. The van der Waals surface area contributed by atoms with Crippen molar-refractivity contribution >= 4 is 11.9 Å². The van der Waals surface area contributed by atoms with Crippen molar-refractivity contribution in [2.75, 3.05) is 0 Å². The first kappa shape index (κ1) is 28.2.